The average molecular weight is 245 g/mol. The first-order chi connectivity index (χ1) is 8.72. The predicted octanol–water partition coefficient (Wildman–Crippen LogP) is 1.93. The van der Waals surface area contributed by atoms with E-state index in [4.69, 9.17) is 5.73 Å². The number of carbonyl (C=O) groups is 1. The van der Waals surface area contributed by atoms with Gasteiger partial charge >= 0.3 is 0 Å². The van der Waals surface area contributed by atoms with Crippen LogP contribution in [0.15, 0.2) is 18.2 Å². The van der Waals surface area contributed by atoms with Crippen molar-refractivity contribution >= 4 is 11.7 Å². The Balaban J connectivity index is 1.72. The van der Waals surface area contributed by atoms with Crippen LogP contribution in [-0.2, 0) is 0 Å². The topological polar surface area (TPSA) is 59.2 Å². The number of hydrogen-bond donors (Lipinski definition) is 1. The number of nitrogen functional groups attached to an aromatic ring is 1. The van der Waals surface area contributed by atoms with Crippen molar-refractivity contribution in [1.29, 1.82) is 0 Å². The molecule has 18 heavy (non-hydrogen) atoms. The second-order valence-corrected chi connectivity index (χ2v) is 5.54. The molecule has 2 aliphatic rings. The van der Waals surface area contributed by atoms with Crippen molar-refractivity contribution in [3.63, 3.8) is 0 Å². The second-order valence-electron chi connectivity index (χ2n) is 5.54. The van der Waals surface area contributed by atoms with Gasteiger partial charge in [0.15, 0.2) is 0 Å². The first kappa shape index (κ1) is 11.5. The van der Waals surface area contributed by atoms with Crippen LogP contribution in [0.25, 0.3) is 0 Å². The van der Waals surface area contributed by atoms with Gasteiger partial charge in [0.1, 0.15) is 11.5 Å². The highest BCUT2D eigenvalue weighted by molar-refractivity contribution is 5.92. The molecule has 1 aromatic heterocycles. The minimum atomic E-state index is 0.0427. The lowest BCUT2D eigenvalue weighted by Crippen LogP contribution is -2.35. The molecule has 0 aromatic carbocycles. The fraction of sp³-hybridized carbons (Fsp3) is 0.571. The van der Waals surface area contributed by atoms with Crippen LogP contribution in [0, 0.1) is 11.8 Å². The van der Waals surface area contributed by atoms with Crippen LogP contribution in [-0.4, -0.2) is 28.9 Å². The number of carbonyl (C=O) groups excluding carboxylic acids is 1. The first-order valence-electron chi connectivity index (χ1n) is 6.74. The summed E-state index contributed by atoms with van der Waals surface area (Å²) in [6, 6.07) is 5.26. The van der Waals surface area contributed by atoms with Crippen LogP contribution in [0.3, 0.4) is 0 Å². The lowest BCUT2D eigenvalue weighted by Gasteiger charge is -2.22. The number of anilines is 1. The summed E-state index contributed by atoms with van der Waals surface area (Å²) in [7, 11) is 0. The van der Waals surface area contributed by atoms with E-state index < -0.39 is 0 Å². The highest BCUT2D eigenvalue weighted by Crippen LogP contribution is 2.34. The molecular formula is C14H19N3O. The van der Waals surface area contributed by atoms with Gasteiger partial charge < -0.3 is 10.6 Å². The zero-order valence-corrected chi connectivity index (χ0v) is 10.5. The molecule has 0 bridgehead atoms. The quantitative estimate of drug-likeness (QED) is 0.862. The lowest BCUT2D eigenvalue weighted by atomic mass is 10.2. The molecule has 0 unspecified atom stereocenters. The average Bonchev–Trinajstić information content (AvgIpc) is 3.22. The molecule has 0 saturated heterocycles. The third-order valence-electron chi connectivity index (χ3n) is 3.63. The fourth-order valence-corrected chi connectivity index (χ4v) is 2.20. The van der Waals surface area contributed by atoms with Crippen LogP contribution in [0.2, 0.25) is 0 Å². The zero-order valence-electron chi connectivity index (χ0n) is 10.5. The number of aromatic nitrogens is 1. The Morgan fingerprint density at radius 3 is 2.33 bits per heavy atom. The maximum atomic E-state index is 12.4. The minimum absolute atomic E-state index is 0.0427. The van der Waals surface area contributed by atoms with E-state index in [2.05, 4.69) is 4.98 Å². The summed E-state index contributed by atoms with van der Waals surface area (Å²) in [6.07, 6.45) is 5.05. The molecule has 2 aliphatic carbocycles. The molecule has 4 heteroatoms. The molecular weight excluding hydrogens is 226 g/mol. The normalized spacial score (nSPS) is 18.7. The number of hydrogen-bond acceptors (Lipinski definition) is 3. The summed E-state index contributed by atoms with van der Waals surface area (Å²) < 4.78 is 0. The Bertz CT molecular complexity index is 438. The van der Waals surface area contributed by atoms with Gasteiger partial charge in [0.2, 0.25) is 0 Å². The molecule has 1 aromatic rings. The molecule has 1 heterocycles. The van der Waals surface area contributed by atoms with E-state index in [9.17, 15) is 4.79 Å². The number of rotatable bonds is 5. The van der Waals surface area contributed by atoms with E-state index in [1.807, 2.05) is 4.90 Å². The van der Waals surface area contributed by atoms with Gasteiger partial charge in [-0.05, 0) is 49.7 Å². The molecule has 3 rings (SSSR count). The molecule has 0 spiro atoms. The Labute approximate surface area is 107 Å². The number of pyridine rings is 1. The minimum Gasteiger partial charge on any atom is -0.384 e. The van der Waals surface area contributed by atoms with Crippen molar-refractivity contribution < 1.29 is 4.79 Å². The Kier molecular flexibility index (Phi) is 2.94. The van der Waals surface area contributed by atoms with Crippen molar-refractivity contribution in [1.82, 2.24) is 9.88 Å². The highest BCUT2D eigenvalue weighted by Gasteiger charge is 2.32. The SMILES string of the molecule is Nc1cccc(C(=O)N(CC2CC2)CC2CC2)n1. The second kappa shape index (κ2) is 4.59. The van der Waals surface area contributed by atoms with Gasteiger partial charge in [0.05, 0.1) is 0 Å². The van der Waals surface area contributed by atoms with E-state index in [0.29, 0.717) is 23.3 Å². The lowest BCUT2D eigenvalue weighted by molar-refractivity contribution is 0.0734. The number of amides is 1. The summed E-state index contributed by atoms with van der Waals surface area (Å²) in [5.41, 5.74) is 6.12. The summed E-state index contributed by atoms with van der Waals surface area (Å²) >= 11 is 0. The summed E-state index contributed by atoms with van der Waals surface area (Å²) in [5, 5.41) is 0. The summed E-state index contributed by atoms with van der Waals surface area (Å²) in [5.74, 6) is 1.89. The van der Waals surface area contributed by atoms with Crippen molar-refractivity contribution in [2.75, 3.05) is 18.8 Å². The van der Waals surface area contributed by atoms with Crippen molar-refractivity contribution in [2.24, 2.45) is 11.8 Å². The van der Waals surface area contributed by atoms with Crippen molar-refractivity contribution in [2.45, 2.75) is 25.7 Å². The van der Waals surface area contributed by atoms with Crippen LogP contribution >= 0.6 is 0 Å². The number of nitrogens with two attached hydrogens (primary N) is 1. The monoisotopic (exact) mass is 245 g/mol. The molecule has 96 valence electrons. The predicted molar refractivity (Wildman–Crippen MR) is 70.0 cm³/mol. The maximum absolute atomic E-state index is 12.4. The van der Waals surface area contributed by atoms with Gasteiger partial charge in [-0.25, -0.2) is 4.98 Å². The largest absolute Gasteiger partial charge is 0.384 e. The molecule has 4 nitrogen and oxygen atoms in total. The first-order valence-corrected chi connectivity index (χ1v) is 6.74. The van der Waals surface area contributed by atoms with Crippen LogP contribution < -0.4 is 5.73 Å². The summed E-state index contributed by atoms with van der Waals surface area (Å²) in [6.45, 7) is 1.79. The molecule has 2 fully saturated rings. The van der Waals surface area contributed by atoms with E-state index in [-0.39, 0.29) is 5.91 Å². The highest BCUT2D eigenvalue weighted by atomic mass is 16.2. The zero-order chi connectivity index (χ0) is 12.5. The van der Waals surface area contributed by atoms with Crippen molar-refractivity contribution in [3.05, 3.63) is 23.9 Å². The van der Waals surface area contributed by atoms with Gasteiger partial charge in [-0.15, -0.1) is 0 Å². The molecule has 0 radical (unpaired) electrons. The van der Waals surface area contributed by atoms with E-state index in [1.54, 1.807) is 18.2 Å². The van der Waals surface area contributed by atoms with Gasteiger partial charge in [-0.3, -0.25) is 4.79 Å². The van der Waals surface area contributed by atoms with Gasteiger partial charge in [0, 0.05) is 13.1 Å². The Hall–Kier alpha value is -1.58. The van der Waals surface area contributed by atoms with Crippen molar-refractivity contribution in [3.8, 4) is 0 Å². The molecule has 0 atom stereocenters. The van der Waals surface area contributed by atoms with Crippen LogP contribution in [0.1, 0.15) is 36.2 Å². The Morgan fingerprint density at radius 2 is 1.83 bits per heavy atom. The smallest absolute Gasteiger partial charge is 0.272 e. The molecule has 2 saturated carbocycles. The van der Waals surface area contributed by atoms with Gasteiger partial charge in [-0.2, -0.15) is 0 Å². The van der Waals surface area contributed by atoms with Crippen LogP contribution in [0.5, 0.6) is 0 Å². The molecule has 0 aliphatic heterocycles. The van der Waals surface area contributed by atoms with E-state index in [0.717, 1.165) is 13.1 Å². The van der Waals surface area contributed by atoms with E-state index in [1.165, 1.54) is 25.7 Å². The summed E-state index contributed by atoms with van der Waals surface area (Å²) in [4.78, 5) is 18.6. The maximum Gasteiger partial charge on any atom is 0.272 e. The van der Waals surface area contributed by atoms with E-state index >= 15 is 0 Å². The third-order valence-corrected chi connectivity index (χ3v) is 3.63. The van der Waals surface area contributed by atoms with Gasteiger partial charge in [-0.1, -0.05) is 6.07 Å². The third kappa shape index (κ3) is 2.81. The molecule has 1 amide bonds. The Morgan fingerprint density at radius 1 is 1.22 bits per heavy atom. The molecule has 2 N–H and O–H groups in total. The number of nitrogens with zero attached hydrogens (tertiary/aromatic N) is 2. The standard InChI is InChI=1S/C14H19N3O/c15-13-3-1-2-12(16-13)14(18)17(8-10-4-5-10)9-11-6-7-11/h1-3,10-11H,4-9H2,(H2,15,16). The van der Waals surface area contributed by atoms with Crippen LogP contribution in [0.4, 0.5) is 5.82 Å². The fourth-order valence-electron chi connectivity index (χ4n) is 2.20. The van der Waals surface area contributed by atoms with Gasteiger partial charge in [0.25, 0.3) is 5.91 Å².